The lowest BCUT2D eigenvalue weighted by Crippen LogP contribution is -2.35. The summed E-state index contributed by atoms with van der Waals surface area (Å²) < 4.78 is 21.3. The first-order valence-corrected chi connectivity index (χ1v) is 13.8. The van der Waals surface area contributed by atoms with Gasteiger partial charge in [-0.05, 0) is 19.3 Å². The maximum atomic E-state index is 11.9. The molecule has 1 unspecified atom stereocenters. The third-order valence-corrected chi connectivity index (χ3v) is 6.19. The predicted molar refractivity (Wildman–Crippen MR) is 129 cm³/mol. The van der Waals surface area contributed by atoms with Crippen LogP contribution in [-0.4, -0.2) is 36.0 Å². The lowest BCUT2D eigenvalue weighted by molar-refractivity contribution is -0.137. The van der Waals surface area contributed by atoms with Crippen molar-refractivity contribution in [3.05, 3.63) is 0 Å². The lowest BCUT2D eigenvalue weighted by atomic mass is 10.0. The Bertz CT molecular complexity index is 536. The number of guanidine groups is 1. The summed E-state index contributed by atoms with van der Waals surface area (Å²) in [7, 11) is -4.44. The van der Waals surface area contributed by atoms with Gasteiger partial charge in [-0.25, -0.2) is 9.36 Å². The highest BCUT2D eigenvalue weighted by atomic mass is 31.2. The van der Waals surface area contributed by atoms with Crippen molar-refractivity contribution in [3.63, 3.8) is 0 Å². The number of unbranched alkanes of at least 4 members (excludes halogenated alkanes) is 13. The zero-order valence-corrected chi connectivity index (χ0v) is 20.9. The zero-order valence-electron chi connectivity index (χ0n) is 20.0. The molecule has 190 valence electrons. The minimum atomic E-state index is -4.44. The summed E-state index contributed by atoms with van der Waals surface area (Å²) in [4.78, 5) is 21.5. The smallest absolute Gasteiger partial charge is 0.370 e. The molecule has 7 N–H and O–H groups in total. The average molecular weight is 479 g/mol. The van der Waals surface area contributed by atoms with Crippen LogP contribution in [0.2, 0.25) is 0 Å². The van der Waals surface area contributed by atoms with Gasteiger partial charge in [0.05, 0.1) is 6.61 Å². The summed E-state index contributed by atoms with van der Waals surface area (Å²) in [5.74, 6) is -1.14. The van der Waals surface area contributed by atoms with E-state index in [9.17, 15) is 14.3 Å². The standard InChI is InChI=1S/C22H47N4O5P/c1-2-3-4-5-6-7-8-9-10-11-12-13-14-15-19-30-32(28,29)31-21(27)20(23)17-16-18-26-22(24)25/h20H,2-19,23H2,1H3,(H,28,29)(H4,24,25,26)/t20-/m0/s1. The van der Waals surface area contributed by atoms with Gasteiger partial charge in [-0.2, -0.15) is 0 Å². The number of carbonyl (C=O) groups is 1. The quantitative estimate of drug-likeness (QED) is 0.0646. The molecule has 0 heterocycles. The molecule has 2 atom stereocenters. The van der Waals surface area contributed by atoms with Gasteiger partial charge in [0.15, 0.2) is 5.96 Å². The van der Waals surface area contributed by atoms with Gasteiger partial charge in [0.2, 0.25) is 0 Å². The first-order valence-electron chi connectivity index (χ1n) is 12.3. The van der Waals surface area contributed by atoms with Gasteiger partial charge in [0.25, 0.3) is 0 Å². The predicted octanol–water partition coefficient (Wildman–Crippen LogP) is 4.72. The third kappa shape index (κ3) is 20.7. The molecule has 32 heavy (non-hydrogen) atoms. The number of hydrogen-bond donors (Lipinski definition) is 5. The van der Waals surface area contributed by atoms with Crippen molar-refractivity contribution < 1.29 is 23.3 Å². The van der Waals surface area contributed by atoms with Crippen LogP contribution in [0.4, 0.5) is 0 Å². The Morgan fingerprint density at radius 2 is 1.41 bits per heavy atom. The number of phosphoric ester groups is 1. The van der Waals surface area contributed by atoms with E-state index in [4.69, 9.17) is 21.4 Å². The van der Waals surface area contributed by atoms with Crippen LogP contribution in [-0.2, 0) is 18.4 Å². The van der Waals surface area contributed by atoms with Crippen LogP contribution in [0.15, 0.2) is 0 Å². The van der Waals surface area contributed by atoms with Crippen molar-refractivity contribution in [2.75, 3.05) is 13.2 Å². The van der Waals surface area contributed by atoms with Crippen molar-refractivity contribution in [2.24, 2.45) is 11.5 Å². The molecule has 0 saturated heterocycles. The van der Waals surface area contributed by atoms with Crippen molar-refractivity contribution in [1.29, 1.82) is 5.41 Å². The van der Waals surface area contributed by atoms with Crippen molar-refractivity contribution in [2.45, 2.75) is 116 Å². The van der Waals surface area contributed by atoms with E-state index in [1.807, 2.05) is 0 Å². The second kappa shape index (κ2) is 20.5. The molecule has 0 aliphatic carbocycles. The molecule has 0 spiro atoms. The van der Waals surface area contributed by atoms with E-state index in [1.165, 1.54) is 64.2 Å². The van der Waals surface area contributed by atoms with Crippen LogP contribution in [0.3, 0.4) is 0 Å². The fraction of sp³-hybridized carbons (Fsp3) is 0.909. The molecule has 0 aromatic rings. The number of rotatable bonds is 22. The molecule has 9 nitrogen and oxygen atoms in total. The Hall–Kier alpha value is -1.15. The van der Waals surface area contributed by atoms with E-state index in [0.29, 0.717) is 19.4 Å². The highest BCUT2D eigenvalue weighted by Crippen LogP contribution is 2.43. The topological polar surface area (TPSA) is 161 Å². The Morgan fingerprint density at radius 3 is 1.88 bits per heavy atom. The lowest BCUT2D eigenvalue weighted by Gasteiger charge is -2.15. The van der Waals surface area contributed by atoms with Gasteiger partial charge in [-0.15, -0.1) is 0 Å². The maximum absolute atomic E-state index is 11.9. The van der Waals surface area contributed by atoms with Crippen molar-refractivity contribution >= 4 is 19.8 Å². The molecular formula is C22H47N4O5P. The number of carbonyl (C=O) groups excluding carboxylic acids is 1. The van der Waals surface area contributed by atoms with Gasteiger partial charge in [-0.3, -0.25) is 14.8 Å². The van der Waals surface area contributed by atoms with E-state index in [-0.39, 0.29) is 19.0 Å². The summed E-state index contributed by atoms with van der Waals surface area (Å²) in [6.45, 7) is 2.69. The first-order chi connectivity index (χ1) is 15.3. The third-order valence-electron chi connectivity index (χ3n) is 5.27. The van der Waals surface area contributed by atoms with Crippen LogP contribution in [0.1, 0.15) is 110 Å². The number of hydrogen-bond acceptors (Lipinski definition) is 6. The maximum Gasteiger partial charge on any atom is 0.529 e. The normalized spacial score (nSPS) is 14.0. The number of phosphoric acid groups is 1. The van der Waals surface area contributed by atoms with Gasteiger partial charge >= 0.3 is 13.8 Å². The molecule has 0 saturated carbocycles. The average Bonchev–Trinajstić information content (AvgIpc) is 2.73. The minimum Gasteiger partial charge on any atom is -0.370 e. The van der Waals surface area contributed by atoms with Crippen LogP contribution in [0.25, 0.3) is 0 Å². The SMILES string of the molecule is CCCCCCCCCCCCCCCCOP(=O)(O)OC(=O)[C@@H](N)CCCNC(=N)N. The highest BCUT2D eigenvalue weighted by Gasteiger charge is 2.28. The van der Waals surface area contributed by atoms with Gasteiger partial charge in [-0.1, -0.05) is 90.4 Å². The van der Waals surface area contributed by atoms with E-state index < -0.39 is 19.8 Å². The summed E-state index contributed by atoms with van der Waals surface area (Å²) in [5, 5.41) is 9.60. The Balaban J connectivity index is 3.58. The number of nitrogens with two attached hydrogens (primary N) is 2. The van der Waals surface area contributed by atoms with Crippen molar-refractivity contribution in [3.8, 4) is 0 Å². The summed E-state index contributed by atoms with van der Waals surface area (Å²) >= 11 is 0. The van der Waals surface area contributed by atoms with Gasteiger partial charge in [0, 0.05) is 6.54 Å². The molecule has 0 fully saturated rings. The first kappa shape index (κ1) is 30.9. The van der Waals surface area contributed by atoms with Crippen LogP contribution >= 0.6 is 7.82 Å². The molecule has 0 radical (unpaired) electrons. The van der Waals surface area contributed by atoms with Gasteiger partial charge in [0.1, 0.15) is 6.04 Å². The van der Waals surface area contributed by atoms with E-state index >= 15 is 0 Å². The summed E-state index contributed by atoms with van der Waals surface area (Å²) in [5.41, 5.74) is 10.8. The molecule has 0 bridgehead atoms. The van der Waals surface area contributed by atoms with Crippen LogP contribution in [0, 0.1) is 5.41 Å². The Labute approximate surface area is 194 Å². The summed E-state index contributed by atoms with van der Waals surface area (Å²) in [6.07, 6.45) is 17.8. The molecular weight excluding hydrogens is 431 g/mol. The Morgan fingerprint density at radius 1 is 0.938 bits per heavy atom. The van der Waals surface area contributed by atoms with E-state index in [2.05, 4.69) is 16.8 Å². The fourth-order valence-electron chi connectivity index (χ4n) is 3.35. The summed E-state index contributed by atoms with van der Waals surface area (Å²) in [6, 6.07) is -1.03. The monoisotopic (exact) mass is 478 g/mol. The molecule has 0 aliphatic rings. The molecule has 0 rings (SSSR count). The minimum absolute atomic E-state index is 0.0663. The largest absolute Gasteiger partial charge is 0.529 e. The van der Waals surface area contributed by atoms with Crippen LogP contribution < -0.4 is 16.8 Å². The highest BCUT2D eigenvalue weighted by molar-refractivity contribution is 7.48. The molecule has 10 heteroatoms. The number of nitrogens with one attached hydrogen (secondary N) is 2. The second-order valence-electron chi connectivity index (χ2n) is 8.40. The molecule has 0 amide bonds. The van der Waals surface area contributed by atoms with Crippen LogP contribution in [0.5, 0.6) is 0 Å². The Kier molecular flexibility index (Phi) is 19.7. The van der Waals surface area contributed by atoms with E-state index in [0.717, 1.165) is 19.3 Å². The zero-order chi connectivity index (χ0) is 24.1. The molecule has 0 aromatic heterocycles. The van der Waals surface area contributed by atoms with E-state index in [1.54, 1.807) is 0 Å². The second-order valence-corrected chi connectivity index (χ2v) is 9.78. The van der Waals surface area contributed by atoms with Gasteiger partial charge < -0.3 is 21.3 Å². The van der Waals surface area contributed by atoms with Crippen molar-refractivity contribution in [1.82, 2.24) is 5.32 Å². The molecule has 0 aromatic carbocycles. The molecule has 0 aliphatic heterocycles. The fourth-order valence-corrected chi connectivity index (χ4v) is 4.12.